The zero-order valence-corrected chi connectivity index (χ0v) is 10.5. The molecule has 6 heteroatoms. The molecule has 0 bridgehead atoms. The number of methoxy groups -OCH3 is 1. The van der Waals surface area contributed by atoms with Crippen LogP contribution in [-0.2, 0) is 4.79 Å². The number of anilines is 2. The van der Waals surface area contributed by atoms with E-state index in [-0.39, 0.29) is 5.91 Å². The normalized spacial score (nSPS) is 12.1. The zero-order chi connectivity index (χ0) is 13.7. The molecular weight excluding hydrogens is 242 g/mol. The molecule has 0 aliphatic heterocycles. The van der Waals surface area contributed by atoms with Gasteiger partial charge in [-0.1, -0.05) is 0 Å². The molecule has 0 aliphatic carbocycles. The second-order valence-corrected chi connectivity index (χ2v) is 3.86. The van der Waals surface area contributed by atoms with E-state index < -0.39 is 12.5 Å². The molecule has 0 saturated heterocycles. The fourth-order valence-electron chi connectivity index (χ4n) is 1.41. The second kappa shape index (κ2) is 6.18. The van der Waals surface area contributed by atoms with Gasteiger partial charge in [-0.15, -0.1) is 0 Å². The Morgan fingerprint density at radius 1 is 1.39 bits per heavy atom. The average molecular weight is 258 g/mol. The highest BCUT2D eigenvalue weighted by molar-refractivity contribution is 5.89. The largest absolute Gasteiger partial charge is 0.495 e. The maximum absolute atomic E-state index is 12.5. The van der Waals surface area contributed by atoms with Crippen molar-refractivity contribution < 1.29 is 18.3 Å². The van der Waals surface area contributed by atoms with Crippen LogP contribution >= 0.6 is 0 Å². The predicted octanol–water partition coefficient (Wildman–Crippen LogP) is 2.72. The molecule has 0 aromatic heterocycles. The Hall–Kier alpha value is -1.85. The molecule has 1 atom stereocenters. The van der Waals surface area contributed by atoms with Gasteiger partial charge >= 0.3 is 0 Å². The molecule has 0 spiro atoms. The van der Waals surface area contributed by atoms with E-state index in [0.29, 0.717) is 17.1 Å². The number of alkyl halides is 2. The predicted molar refractivity (Wildman–Crippen MR) is 66.4 cm³/mol. The van der Waals surface area contributed by atoms with Gasteiger partial charge in [-0.25, -0.2) is 8.78 Å². The lowest BCUT2D eigenvalue weighted by molar-refractivity contribution is -0.114. The first-order valence-electron chi connectivity index (χ1n) is 5.44. The molecular formula is C12H16F2N2O2. The highest BCUT2D eigenvalue weighted by Gasteiger charge is 2.16. The summed E-state index contributed by atoms with van der Waals surface area (Å²) in [6, 6.07) is 3.79. The Bertz CT molecular complexity index is 425. The van der Waals surface area contributed by atoms with Crippen molar-refractivity contribution in [1.29, 1.82) is 0 Å². The van der Waals surface area contributed by atoms with Gasteiger partial charge in [0.05, 0.1) is 18.8 Å². The first kappa shape index (κ1) is 14.2. The molecule has 0 fully saturated rings. The van der Waals surface area contributed by atoms with Crippen LogP contribution in [-0.4, -0.2) is 25.5 Å². The molecule has 0 saturated carbocycles. The van der Waals surface area contributed by atoms with Gasteiger partial charge in [0.25, 0.3) is 6.43 Å². The van der Waals surface area contributed by atoms with Gasteiger partial charge in [-0.3, -0.25) is 4.79 Å². The molecule has 1 amide bonds. The minimum Gasteiger partial charge on any atom is -0.495 e. The smallest absolute Gasteiger partial charge is 0.258 e. The molecule has 0 aliphatic rings. The van der Waals surface area contributed by atoms with Crippen LogP contribution in [0.1, 0.15) is 13.8 Å². The Kier molecular flexibility index (Phi) is 4.88. The average Bonchev–Trinajstić information content (AvgIpc) is 2.28. The molecule has 18 heavy (non-hydrogen) atoms. The second-order valence-electron chi connectivity index (χ2n) is 3.86. The summed E-state index contributed by atoms with van der Waals surface area (Å²) in [5.41, 5.74) is 0.934. The number of carbonyl (C=O) groups is 1. The number of hydrogen-bond donors (Lipinski definition) is 2. The number of halogens is 2. The molecule has 0 heterocycles. The van der Waals surface area contributed by atoms with Crippen LogP contribution in [0.2, 0.25) is 0 Å². The number of ether oxygens (including phenoxy) is 1. The monoisotopic (exact) mass is 258 g/mol. The van der Waals surface area contributed by atoms with Crippen LogP contribution in [0, 0.1) is 0 Å². The minimum absolute atomic E-state index is 0.229. The van der Waals surface area contributed by atoms with Crippen LogP contribution < -0.4 is 15.4 Å². The summed E-state index contributed by atoms with van der Waals surface area (Å²) in [6.07, 6.45) is -2.49. The molecule has 0 radical (unpaired) electrons. The van der Waals surface area contributed by atoms with Crippen molar-refractivity contribution in [3.63, 3.8) is 0 Å². The maximum Gasteiger partial charge on any atom is 0.258 e. The fraction of sp³-hybridized carbons (Fsp3) is 0.417. The molecule has 4 nitrogen and oxygen atoms in total. The summed E-state index contributed by atoms with van der Waals surface area (Å²) in [6.45, 7) is 2.74. The fourth-order valence-corrected chi connectivity index (χ4v) is 1.41. The van der Waals surface area contributed by atoms with Crippen molar-refractivity contribution in [2.45, 2.75) is 26.3 Å². The van der Waals surface area contributed by atoms with Crippen molar-refractivity contribution in [1.82, 2.24) is 0 Å². The van der Waals surface area contributed by atoms with Gasteiger partial charge in [0.15, 0.2) is 0 Å². The summed E-state index contributed by atoms with van der Waals surface area (Å²) in [7, 11) is 1.45. The first-order chi connectivity index (χ1) is 8.43. The summed E-state index contributed by atoms with van der Waals surface area (Å²) in [5.74, 6) is 0.213. The summed E-state index contributed by atoms with van der Waals surface area (Å²) < 4.78 is 30.0. The lowest BCUT2D eigenvalue weighted by atomic mass is 10.2. The van der Waals surface area contributed by atoms with Crippen LogP contribution in [0.25, 0.3) is 0 Å². The summed E-state index contributed by atoms with van der Waals surface area (Å²) >= 11 is 0. The van der Waals surface area contributed by atoms with Crippen molar-refractivity contribution >= 4 is 17.3 Å². The number of nitrogens with one attached hydrogen (secondary N) is 2. The first-order valence-corrected chi connectivity index (χ1v) is 5.44. The molecule has 2 N–H and O–H groups in total. The number of benzene rings is 1. The molecule has 1 unspecified atom stereocenters. The Labute approximate surface area is 104 Å². The highest BCUT2D eigenvalue weighted by atomic mass is 19.3. The van der Waals surface area contributed by atoms with Gasteiger partial charge in [0.1, 0.15) is 5.75 Å². The van der Waals surface area contributed by atoms with Gasteiger partial charge in [-0.05, 0) is 25.1 Å². The molecule has 1 aromatic rings. The van der Waals surface area contributed by atoms with E-state index in [2.05, 4.69) is 10.6 Å². The Morgan fingerprint density at radius 3 is 2.56 bits per heavy atom. The van der Waals surface area contributed by atoms with E-state index in [0.717, 1.165) is 0 Å². The van der Waals surface area contributed by atoms with Crippen LogP contribution in [0.4, 0.5) is 20.2 Å². The summed E-state index contributed by atoms with van der Waals surface area (Å²) in [4.78, 5) is 10.9. The van der Waals surface area contributed by atoms with Crippen LogP contribution in [0.5, 0.6) is 5.75 Å². The third-order valence-electron chi connectivity index (χ3n) is 2.28. The van der Waals surface area contributed by atoms with Gasteiger partial charge in [0.2, 0.25) is 5.91 Å². The standard InChI is InChI=1S/C12H16F2N2O2/c1-7(12(13)14)15-10-6-9(16-8(2)17)4-5-11(10)18-3/h4-7,12,15H,1-3H3,(H,16,17). The van der Waals surface area contributed by atoms with E-state index in [1.165, 1.54) is 21.0 Å². The van der Waals surface area contributed by atoms with E-state index in [4.69, 9.17) is 4.74 Å². The van der Waals surface area contributed by atoms with Crippen molar-refractivity contribution in [3.05, 3.63) is 18.2 Å². The Balaban J connectivity index is 2.94. The van der Waals surface area contributed by atoms with E-state index in [1.54, 1.807) is 18.2 Å². The lowest BCUT2D eigenvalue weighted by Crippen LogP contribution is -2.24. The van der Waals surface area contributed by atoms with E-state index >= 15 is 0 Å². The van der Waals surface area contributed by atoms with E-state index in [1.807, 2.05) is 0 Å². The summed E-state index contributed by atoms with van der Waals surface area (Å²) in [5, 5.41) is 5.23. The molecule has 1 aromatic carbocycles. The number of carbonyl (C=O) groups excluding carboxylic acids is 1. The van der Waals surface area contributed by atoms with Crippen molar-refractivity contribution in [2.24, 2.45) is 0 Å². The Morgan fingerprint density at radius 2 is 2.06 bits per heavy atom. The zero-order valence-electron chi connectivity index (χ0n) is 10.5. The lowest BCUT2D eigenvalue weighted by Gasteiger charge is -2.17. The highest BCUT2D eigenvalue weighted by Crippen LogP contribution is 2.29. The number of hydrogen-bond acceptors (Lipinski definition) is 3. The number of amides is 1. The van der Waals surface area contributed by atoms with Gasteiger partial charge in [-0.2, -0.15) is 0 Å². The number of rotatable bonds is 5. The minimum atomic E-state index is -2.49. The van der Waals surface area contributed by atoms with Crippen LogP contribution in [0.3, 0.4) is 0 Å². The quantitative estimate of drug-likeness (QED) is 0.853. The van der Waals surface area contributed by atoms with E-state index in [9.17, 15) is 13.6 Å². The van der Waals surface area contributed by atoms with Gasteiger partial charge < -0.3 is 15.4 Å². The molecule has 1 rings (SSSR count). The third-order valence-corrected chi connectivity index (χ3v) is 2.28. The SMILES string of the molecule is COc1ccc(NC(C)=O)cc1NC(C)C(F)F. The molecule has 100 valence electrons. The van der Waals surface area contributed by atoms with Gasteiger partial charge in [0, 0.05) is 12.6 Å². The third kappa shape index (κ3) is 3.87. The van der Waals surface area contributed by atoms with Crippen molar-refractivity contribution in [3.8, 4) is 5.75 Å². The van der Waals surface area contributed by atoms with Crippen molar-refractivity contribution in [2.75, 3.05) is 17.7 Å². The maximum atomic E-state index is 12.5. The van der Waals surface area contributed by atoms with Crippen LogP contribution in [0.15, 0.2) is 18.2 Å². The topological polar surface area (TPSA) is 50.4 Å².